The highest BCUT2D eigenvalue weighted by molar-refractivity contribution is 5.79. The van der Waals surface area contributed by atoms with Gasteiger partial charge in [-0.25, -0.2) is 0 Å². The van der Waals surface area contributed by atoms with Gasteiger partial charge in [0.25, 0.3) is 0 Å². The van der Waals surface area contributed by atoms with Crippen molar-refractivity contribution in [3.05, 3.63) is 0 Å². The minimum absolute atomic E-state index is 0.183. The molecule has 17 heavy (non-hydrogen) atoms. The lowest BCUT2D eigenvalue weighted by Crippen LogP contribution is -2.45. The first kappa shape index (κ1) is 12.8. The summed E-state index contributed by atoms with van der Waals surface area (Å²) in [7, 11) is 0. The molecule has 2 rings (SSSR count). The number of hydrogen-bond acceptors (Lipinski definition) is 3. The molecule has 0 unspecified atom stereocenters. The number of likely N-dealkylation sites (tertiary alicyclic amines) is 1. The molecule has 98 valence electrons. The van der Waals surface area contributed by atoms with Crippen molar-refractivity contribution in [2.45, 2.75) is 44.6 Å². The third-order valence-electron chi connectivity index (χ3n) is 4.24. The van der Waals surface area contributed by atoms with Gasteiger partial charge in [0, 0.05) is 19.0 Å². The van der Waals surface area contributed by atoms with Gasteiger partial charge in [-0.05, 0) is 51.0 Å². The van der Waals surface area contributed by atoms with Crippen molar-refractivity contribution < 1.29 is 9.90 Å². The van der Waals surface area contributed by atoms with E-state index in [0.29, 0.717) is 12.5 Å². The molecule has 2 fully saturated rings. The van der Waals surface area contributed by atoms with Crippen molar-refractivity contribution >= 4 is 5.91 Å². The Morgan fingerprint density at radius 2 is 1.94 bits per heavy atom. The zero-order valence-electron chi connectivity index (χ0n) is 10.5. The molecule has 4 heteroatoms. The lowest BCUT2D eigenvalue weighted by atomic mass is 9.81. The van der Waals surface area contributed by atoms with Crippen molar-refractivity contribution in [2.75, 3.05) is 19.6 Å². The summed E-state index contributed by atoms with van der Waals surface area (Å²) in [5, 5.41) is 9.60. The highest BCUT2D eigenvalue weighted by Gasteiger charge is 2.31. The Bertz CT molecular complexity index is 262. The molecule has 0 aromatic heterocycles. The van der Waals surface area contributed by atoms with Crippen LogP contribution in [0.2, 0.25) is 0 Å². The molecule has 1 aliphatic heterocycles. The summed E-state index contributed by atoms with van der Waals surface area (Å²) in [6, 6.07) is 0. The minimum Gasteiger partial charge on any atom is -0.391 e. The van der Waals surface area contributed by atoms with Crippen LogP contribution in [-0.2, 0) is 4.79 Å². The van der Waals surface area contributed by atoms with E-state index in [4.69, 9.17) is 5.73 Å². The fourth-order valence-corrected chi connectivity index (χ4v) is 3.06. The number of aliphatic hydroxyl groups excluding tert-OH is 1. The Hall–Kier alpha value is -0.610. The number of nitrogens with two attached hydrogens (primary N) is 1. The molecule has 1 atom stereocenters. The molecular weight excluding hydrogens is 216 g/mol. The van der Waals surface area contributed by atoms with E-state index >= 15 is 0 Å². The molecule has 2 aliphatic rings. The van der Waals surface area contributed by atoms with Gasteiger partial charge in [-0.1, -0.05) is 0 Å². The Kier molecular flexibility index (Phi) is 4.40. The first-order valence-corrected chi connectivity index (χ1v) is 6.87. The summed E-state index contributed by atoms with van der Waals surface area (Å²) in [5.41, 5.74) is 5.66. The molecule has 1 saturated heterocycles. The smallest absolute Gasteiger partial charge is 0.225 e. The van der Waals surface area contributed by atoms with Crippen molar-refractivity contribution in [2.24, 2.45) is 17.6 Å². The molecule has 4 nitrogen and oxygen atoms in total. The van der Waals surface area contributed by atoms with Crippen molar-refractivity contribution in [1.82, 2.24) is 4.90 Å². The summed E-state index contributed by atoms with van der Waals surface area (Å²) in [4.78, 5) is 14.1. The second-order valence-electron chi connectivity index (χ2n) is 5.53. The van der Waals surface area contributed by atoms with Gasteiger partial charge in [-0.3, -0.25) is 4.79 Å². The van der Waals surface area contributed by atoms with E-state index in [1.54, 1.807) is 0 Å². The maximum absolute atomic E-state index is 12.3. The lowest BCUT2D eigenvalue weighted by Gasteiger charge is -2.35. The van der Waals surface area contributed by atoms with Crippen LogP contribution in [0.1, 0.15) is 38.5 Å². The van der Waals surface area contributed by atoms with Gasteiger partial charge in [0.2, 0.25) is 5.91 Å². The Morgan fingerprint density at radius 3 is 2.53 bits per heavy atom. The standard InChI is InChI=1S/C13H24N2O2/c14-8-10-3-5-11(6-4-10)13(17)15-7-1-2-12(16)9-15/h10-12,16H,1-9,14H2/t10?,11?,12-/m0/s1. The summed E-state index contributed by atoms with van der Waals surface area (Å²) in [5.74, 6) is 1.06. The number of piperidine rings is 1. The van der Waals surface area contributed by atoms with Gasteiger partial charge < -0.3 is 15.7 Å². The van der Waals surface area contributed by atoms with E-state index in [1.165, 1.54) is 0 Å². The molecule has 0 radical (unpaired) electrons. The van der Waals surface area contributed by atoms with Gasteiger partial charge in [-0.15, -0.1) is 0 Å². The van der Waals surface area contributed by atoms with Gasteiger partial charge in [0.15, 0.2) is 0 Å². The second-order valence-corrected chi connectivity index (χ2v) is 5.53. The predicted octanol–water partition coefficient (Wildman–Crippen LogP) is 0.735. The SMILES string of the molecule is NCC1CCC(C(=O)N2CCC[C@H](O)C2)CC1. The highest BCUT2D eigenvalue weighted by Crippen LogP contribution is 2.30. The first-order chi connectivity index (χ1) is 8.20. The lowest BCUT2D eigenvalue weighted by molar-refractivity contribution is -0.139. The third-order valence-corrected chi connectivity index (χ3v) is 4.24. The van der Waals surface area contributed by atoms with Crippen LogP contribution in [0.25, 0.3) is 0 Å². The summed E-state index contributed by atoms with van der Waals surface area (Å²) in [6.45, 7) is 2.12. The van der Waals surface area contributed by atoms with Crippen LogP contribution in [-0.4, -0.2) is 41.7 Å². The van der Waals surface area contributed by atoms with Gasteiger partial charge in [0.1, 0.15) is 0 Å². The fourth-order valence-electron chi connectivity index (χ4n) is 3.06. The molecule has 1 heterocycles. The van der Waals surface area contributed by atoms with Crippen molar-refractivity contribution in [3.63, 3.8) is 0 Å². The Balaban J connectivity index is 1.83. The van der Waals surface area contributed by atoms with Crippen molar-refractivity contribution in [3.8, 4) is 0 Å². The summed E-state index contributed by atoms with van der Waals surface area (Å²) < 4.78 is 0. The zero-order chi connectivity index (χ0) is 12.3. The second kappa shape index (κ2) is 5.83. The van der Waals surface area contributed by atoms with Gasteiger partial charge in [0.05, 0.1) is 6.10 Å². The molecule has 0 aromatic rings. The van der Waals surface area contributed by atoms with Crippen LogP contribution >= 0.6 is 0 Å². The molecule has 0 aromatic carbocycles. The number of hydrogen-bond donors (Lipinski definition) is 2. The van der Waals surface area contributed by atoms with Crippen LogP contribution in [0.3, 0.4) is 0 Å². The molecular formula is C13H24N2O2. The molecule has 0 bridgehead atoms. The zero-order valence-corrected chi connectivity index (χ0v) is 10.5. The van der Waals surface area contributed by atoms with E-state index in [2.05, 4.69) is 0 Å². The number of carbonyl (C=O) groups is 1. The van der Waals surface area contributed by atoms with Crippen molar-refractivity contribution in [1.29, 1.82) is 0 Å². The predicted molar refractivity (Wildman–Crippen MR) is 66.3 cm³/mol. The van der Waals surface area contributed by atoms with Crippen LogP contribution in [0.15, 0.2) is 0 Å². The van der Waals surface area contributed by atoms with E-state index in [9.17, 15) is 9.90 Å². The van der Waals surface area contributed by atoms with Crippen LogP contribution < -0.4 is 5.73 Å². The fraction of sp³-hybridized carbons (Fsp3) is 0.923. The van der Waals surface area contributed by atoms with E-state index in [-0.39, 0.29) is 17.9 Å². The van der Waals surface area contributed by atoms with E-state index in [1.807, 2.05) is 4.90 Å². The third kappa shape index (κ3) is 3.19. The summed E-state index contributed by atoms with van der Waals surface area (Å²) >= 11 is 0. The number of β-amino-alcohol motifs (C(OH)–C–C–N with tert-alkyl or cyclic N) is 1. The Morgan fingerprint density at radius 1 is 1.24 bits per heavy atom. The Labute approximate surface area is 103 Å². The topological polar surface area (TPSA) is 66.6 Å². The molecule has 3 N–H and O–H groups in total. The maximum atomic E-state index is 12.3. The van der Waals surface area contributed by atoms with E-state index in [0.717, 1.165) is 51.6 Å². The van der Waals surface area contributed by atoms with E-state index < -0.39 is 0 Å². The highest BCUT2D eigenvalue weighted by atomic mass is 16.3. The quantitative estimate of drug-likeness (QED) is 0.748. The largest absolute Gasteiger partial charge is 0.391 e. The molecule has 1 aliphatic carbocycles. The van der Waals surface area contributed by atoms with Crippen LogP contribution in [0, 0.1) is 11.8 Å². The normalized spacial score (nSPS) is 34.7. The monoisotopic (exact) mass is 240 g/mol. The van der Waals surface area contributed by atoms with Crippen LogP contribution in [0.4, 0.5) is 0 Å². The van der Waals surface area contributed by atoms with Gasteiger partial charge >= 0.3 is 0 Å². The average Bonchev–Trinajstić information content (AvgIpc) is 2.38. The number of carbonyl (C=O) groups excluding carboxylic acids is 1. The van der Waals surface area contributed by atoms with Gasteiger partial charge in [-0.2, -0.15) is 0 Å². The maximum Gasteiger partial charge on any atom is 0.225 e. The number of aliphatic hydroxyl groups is 1. The number of rotatable bonds is 2. The number of nitrogens with zero attached hydrogens (tertiary/aromatic N) is 1. The molecule has 1 saturated carbocycles. The summed E-state index contributed by atoms with van der Waals surface area (Å²) in [6.07, 6.45) is 5.59. The average molecular weight is 240 g/mol. The minimum atomic E-state index is -0.312. The number of amides is 1. The molecule has 0 spiro atoms. The van der Waals surface area contributed by atoms with Crippen LogP contribution in [0.5, 0.6) is 0 Å². The first-order valence-electron chi connectivity index (χ1n) is 6.87. The molecule has 1 amide bonds.